The average molecular weight is 389 g/mol. The fraction of sp³-hybridized carbons (Fsp3) is 0.556. The van der Waals surface area contributed by atoms with Gasteiger partial charge < -0.3 is 0 Å². The van der Waals surface area contributed by atoms with Crippen molar-refractivity contribution in [2.45, 2.75) is 76.0 Å². The number of fused-ring (bicyclic) bond motifs is 5. The van der Waals surface area contributed by atoms with Crippen molar-refractivity contribution in [1.82, 2.24) is 0 Å². The minimum Gasteiger partial charge on any atom is -0.0802 e. The third-order valence-corrected chi connectivity index (χ3v) is 15.3. The van der Waals surface area contributed by atoms with Crippen molar-refractivity contribution in [3.63, 3.8) is 0 Å². The molecule has 2 aromatic carbocycles. The second kappa shape index (κ2) is 7.17. The SMILES string of the molecule is CCC(C)C[Si]1(C2C(C)CC3c4c(ccc5ccccc45)C=CC32)CCCC1. The summed E-state index contributed by atoms with van der Waals surface area (Å²) in [5, 5.41) is 2.95. The minimum absolute atomic E-state index is 0.757. The molecule has 3 aliphatic rings. The van der Waals surface area contributed by atoms with Gasteiger partial charge in [-0.2, -0.15) is 0 Å². The highest BCUT2D eigenvalue weighted by atomic mass is 28.3. The van der Waals surface area contributed by atoms with Crippen molar-refractivity contribution in [3.05, 3.63) is 53.6 Å². The lowest BCUT2D eigenvalue weighted by Crippen LogP contribution is -2.42. The molecule has 148 valence electrons. The molecule has 0 radical (unpaired) electrons. The maximum Gasteiger partial charge on any atom is 0.0578 e. The van der Waals surface area contributed by atoms with Crippen LogP contribution in [0, 0.1) is 17.8 Å². The van der Waals surface area contributed by atoms with E-state index in [9.17, 15) is 0 Å². The molecular formula is C27H36Si. The highest BCUT2D eigenvalue weighted by Crippen LogP contribution is 2.62. The van der Waals surface area contributed by atoms with Crippen LogP contribution in [0.2, 0.25) is 23.7 Å². The van der Waals surface area contributed by atoms with Crippen LogP contribution in [0.4, 0.5) is 0 Å². The molecule has 2 fully saturated rings. The van der Waals surface area contributed by atoms with Gasteiger partial charge in [0, 0.05) is 0 Å². The van der Waals surface area contributed by atoms with E-state index >= 15 is 0 Å². The highest BCUT2D eigenvalue weighted by molar-refractivity contribution is 6.82. The molecule has 1 heterocycles. The van der Waals surface area contributed by atoms with Gasteiger partial charge in [-0.15, -0.1) is 0 Å². The average Bonchev–Trinajstić information content (AvgIpc) is 3.31. The van der Waals surface area contributed by atoms with E-state index in [1.807, 2.05) is 0 Å². The largest absolute Gasteiger partial charge is 0.0802 e. The molecule has 1 aliphatic heterocycles. The molecular weight excluding hydrogens is 352 g/mol. The maximum atomic E-state index is 2.67. The van der Waals surface area contributed by atoms with Crippen LogP contribution in [-0.2, 0) is 0 Å². The lowest BCUT2D eigenvalue weighted by Gasteiger charge is -2.42. The second-order valence-electron chi connectivity index (χ2n) is 10.4. The van der Waals surface area contributed by atoms with Crippen LogP contribution in [0.5, 0.6) is 0 Å². The molecule has 5 rings (SSSR count). The van der Waals surface area contributed by atoms with Crippen molar-refractivity contribution in [2.75, 3.05) is 0 Å². The molecule has 28 heavy (non-hydrogen) atoms. The third-order valence-electron chi connectivity index (χ3n) is 8.75. The van der Waals surface area contributed by atoms with Crippen LogP contribution < -0.4 is 0 Å². The van der Waals surface area contributed by atoms with Crippen LogP contribution in [0.25, 0.3) is 16.8 Å². The van der Waals surface area contributed by atoms with Gasteiger partial charge in [-0.1, -0.05) is 107 Å². The first kappa shape index (κ1) is 18.7. The van der Waals surface area contributed by atoms with Gasteiger partial charge in [0.2, 0.25) is 0 Å². The van der Waals surface area contributed by atoms with Gasteiger partial charge in [0.1, 0.15) is 0 Å². The first-order valence-corrected chi connectivity index (χ1v) is 14.5. The Labute approximate surface area is 172 Å². The summed E-state index contributed by atoms with van der Waals surface area (Å²) in [5.41, 5.74) is 4.19. The monoisotopic (exact) mass is 388 g/mol. The summed E-state index contributed by atoms with van der Waals surface area (Å²) in [6, 6.07) is 18.6. The van der Waals surface area contributed by atoms with E-state index < -0.39 is 8.07 Å². The number of hydrogen-bond acceptors (Lipinski definition) is 0. The third kappa shape index (κ3) is 2.84. The first-order valence-electron chi connectivity index (χ1n) is 11.8. The van der Waals surface area contributed by atoms with Crippen LogP contribution in [0.3, 0.4) is 0 Å². The van der Waals surface area contributed by atoms with Gasteiger partial charge in [0.05, 0.1) is 8.07 Å². The zero-order chi connectivity index (χ0) is 19.3. The van der Waals surface area contributed by atoms with E-state index in [2.05, 4.69) is 69.3 Å². The predicted molar refractivity (Wildman–Crippen MR) is 126 cm³/mol. The number of hydrogen-bond donors (Lipinski definition) is 0. The van der Waals surface area contributed by atoms with E-state index in [4.69, 9.17) is 0 Å². The minimum atomic E-state index is -1.19. The molecule has 0 bridgehead atoms. The van der Waals surface area contributed by atoms with Crippen molar-refractivity contribution in [2.24, 2.45) is 17.8 Å². The van der Waals surface area contributed by atoms with Crippen LogP contribution in [-0.4, -0.2) is 8.07 Å². The standard InChI is InChI=1S/C27H36Si/c1-4-19(2)18-28(15-7-8-16-28)27-20(3)17-25-24(27)14-13-22-12-11-21-9-5-6-10-23(21)26(22)25/h5-6,9-14,19-20,24-25,27H,4,7-8,15-18H2,1-3H3. The Morgan fingerprint density at radius 2 is 1.86 bits per heavy atom. The summed E-state index contributed by atoms with van der Waals surface area (Å²) < 4.78 is 0. The van der Waals surface area contributed by atoms with Gasteiger partial charge >= 0.3 is 0 Å². The summed E-state index contributed by atoms with van der Waals surface area (Å²) in [4.78, 5) is 0. The Hall–Kier alpha value is -1.34. The summed E-state index contributed by atoms with van der Waals surface area (Å²) in [7, 11) is -1.19. The summed E-state index contributed by atoms with van der Waals surface area (Å²) in [5.74, 6) is 3.39. The van der Waals surface area contributed by atoms with Crippen molar-refractivity contribution in [3.8, 4) is 0 Å². The molecule has 1 saturated carbocycles. The normalized spacial score (nSPS) is 31.7. The molecule has 0 aromatic heterocycles. The number of rotatable bonds is 4. The second-order valence-corrected chi connectivity index (χ2v) is 15.2. The van der Waals surface area contributed by atoms with E-state index in [1.165, 1.54) is 42.0 Å². The molecule has 5 unspecified atom stereocenters. The summed E-state index contributed by atoms with van der Waals surface area (Å²) >= 11 is 0. The predicted octanol–water partition coefficient (Wildman–Crippen LogP) is 8.27. The summed E-state index contributed by atoms with van der Waals surface area (Å²) in [6.07, 6.45) is 11.0. The molecule has 0 N–H and O–H groups in total. The fourth-order valence-electron chi connectivity index (χ4n) is 7.59. The van der Waals surface area contributed by atoms with E-state index in [0.717, 1.165) is 29.2 Å². The highest BCUT2D eigenvalue weighted by Gasteiger charge is 2.54. The lowest BCUT2D eigenvalue weighted by atomic mass is 9.79. The van der Waals surface area contributed by atoms with Crippen molar-refractivity contribution in [1.29, 1.82) is 0 Å². The first-order chi connectivity index (χ1) is 13.6. The molecule has 0 nitrogen and oxygen atoms in total. The van der Waals surface area contributed by atoms with E-state index in [1.54, 1.807) is 23.7 Å². The topological polar surface area (TPSA) is 0 Å². The quantitative estimate of drug-likeness (QED) is 0.462. The van der Waals surface area contributed by atoms with Crippen molar-refractivity contribution >= 4 is 24.9 Å². The van der Waals surface area contributed by atoms with Crippen LogP contribution >= 0.6 is 0 Å². The Balaban J connectivity index is 1.58. The number of benzene rings is 2. The van der Waals surface area contributed by atoms with Crippen molar-refractivity contribution < 1.29 is 0 Å². The molecule has 2 aromatic rings. The lowest BCUT2D eigenvalue weighted by molar-refractivity contribution is 0.533. The number of allylic oxidation sites excluding steroid dienone is 1. The Kier molecular flexibility index (Phi) is 4.78. The smallest absolute Gasteiger partial charge is 0.0578 e. The fourth-order valence-corrected chi connectivity index (χ4v) is 15.3. The van der Waals surface area contributed by atoms with E-state index in [0.29, 0.717) is 0 Å². The van der Waals surface area contributed by atoms with Gasteiger partial charge in [-0.25, -0.2) is 0 Å². The Bertz CT molecular complexity index is 888. The Morgan fingerprint density at radius 3 is 2.64 bits per heavy atom. The Morgan fingerprint density at radius 1 is 1.07 bits per heavy atom. The summed E-state index contributed by atoms with van der Waals surface area (Å²) in [6.45, 7) is 7.56. The molecule has 1 saturated heterocycles. The molecule has 2 aliphatic carbocycles. The zero-order valence-corrected chi connectivity index (χ0v) is 19.0. The molecule has 0 amide bonds. The van der Waals surface area contributed by atoms with E-state index in [-0.39, 0.29) is 0 Å². The van der Waals surface area contributed by atoms with Crippen LogP contribution in [0.1, 0.15) is 63.5 Å². The van der Waals surface area contributed by atoms with Gasteiger partial charge in [0.25, 0.3) is 0 Å². The zero-order valence-electron chi connectivity index (χ0n) is 18.0. The molecule has 1 heteroatoms. The molecule has 5 atom stereocenters. The van der Waals surface area contributed by atoms with Gasteiger partial charge in [0.15, 0.2) is 0 Å². The van der Waals surface area contributed by atoms with Gasteiger partial charge in [-0.3, -0.25) is 0 Å². The maximum absolute atomic E-state index is 2.67. The molecule has 0 spiro atoms. The van der Waals surface area contributed by atoms with Gasteiger partial charge in [-0.05, 0) is 57.5 Å². The van der Waals surface area contributed by atoms with Crippen LogP contribution in [0.15, 0.2) is 42.5 Å².